The summed E-state index contributed by atoms with van der Waals surface area (Å²) in [5.41, 5.74) is 2.63. The maximum absolute atomic E-state index is 12.5. The quantitative estimate of drug-likeness (QED) is 0.427. The normalized spacial score (nSPS) is 10.7. The summed E-state index contributed by atoms with van der Waals surface area (Å²) in [5.74, 6) is -0.809. The first-order chi connectivity index (χ1) is 15.0. The number of amides is 2. The van der Waals surface area contributed by atoms with E-state index in [0.29, 0.717) is 22.7 Å². The molecule has 32 heavy (non-hydrogen) atoms. The highest BCUT2D eigenvalue weighted by Crippen LogP contribution is 2.28. The Labute approximate surface area is 188 Å². The lowest BCUT2D eigenvalue weighted by atomic mass is 9.87. The fourth-order valence-electron chi connectivity index (χ4n) is 2.81. The van der Waals surface area contributed by atoms with Crippen LogP contribution >= 0.6 is 0 Å². The van der Waals surface area contributed by atoms with E-state index in [9.17, 15) is 14.4 Å². The second kappa shape index (κ2) is 10.5. The zero-order valence-corrected chi connectivity index (χ0v) is 19.0. The van der Waals surface area contributed by atoms with Gasteiger partial charge in [-0.2, -0.15) is 0 Å². The van der Waals surface area contributed by atoms with Gasteiger partial charge in [0.1, 0.15) is 18.0 Å². The molecule has 2 aromatic rings. The van der Waals surface area contributed by atoms with Crippen molar-refractivity contribution in [3.8, 4) is 5.75 Å². The Hall–Kier alpha value is -3.81. The average Bonchev–Trinajstić information content (AvgIpc) is 2.73. The molecule has 0 atom stereocenters. The van der Waals surface area contributed by atoms with Gasteiger partial charge in [-0.25, -0.2) is 0 Å². The molecule has 0 spiro atoms. The zero-order valence-electron chi connectivity index (χ0n) is 19.0. The van der Waals surface area contributed by atoms with Gasteiger partial charge < -0.3 is 25.4 Å². The molecule has 0 fully saturated rings. The molecule has 0 aliphatic heterocycles. The molecule has 2 aromatic carbocycles. The van der Waals surface area contributed by atoms with Crippen LogP contribution in [0.1, 0.15) is 43.1 Å². The second-order valence-electron chi connectivity index (χ2n) is 8.10. The second-order valence-corrected chi connectivity index (χ2v) is 8.10. The lowest BCUT2D eigenvalue weighted by Gasteiger charge is -2.19. The number of carbonyl (C=O) groups is 3. The van der Waals surface area contributed by atoms with E-state index in [-0.39, 0.29) is 17.1 Å². The molecule has 0 aromatic heterocycles. The Kier molecular flexibility index (Phi) is 8.01. The van der Waals surface area contributed by atoms with Crippen LogP contribution in [0.15, 0.2) is 54.9 Å². The number of carbonyl (C=O) groups excluding carboxylic acids is 3. The van der Waals surface area contributed by atoms with Crippen LogP contribution in [0.5, 0.6) is 5.75 Å². The van der Waals surface area contributed by atoms with Crippen molar-refractivity contribution < 1.29 is 23.9 Å². The van der Waals surface area contributed by atoms with E-state index in [2.05, 4.69) is 48.0 Å². The molecule has 3 N–H and O–H groups in total. The van der Waals surface area contributed by atoms with Crippen molar-refractivity contribution in [1.82, 2.24) is 5.32 Å². The van der Waals surface area contributed by atoms with E-state index in [0.717, 1.165) is 5.56 Å². The van der Waals surface area contributed by atoms with Gasteiger partial charge in [-0.15, -0.1) is 0 Å². The minimum Gasteiger partial charge on any atom is -0.494 e. The SMILES string of the molecule is C=C(NC(=O)c1ccc(C(C)(C)C)cc1)Nc1ccc(NC(=O)CC(=O)OC)c(OC)c1. The van der Waals surface area contributed by atoms with Crippen molar-refractivity contribution in [2.45, 2.75) is 32.6 Å². The van der Waals surface area contributed by atoms with E-state index >= 15 is 0 Å². The van der Waals surface area contributed by atoms with Crippen molar-refractivity contribution in [2.24, 2.45) is 0 Å². The summed E-state index contributed by atoms with van der Waals surface area (Å²) in [6.07, 6.45) is -0.404. The van der Waals surface area contributed by atoms with Crippen LogP contribution < -0.4 is 20.7 Å². The van der Waals surface area contributed by atoms with Crippen molar-refractivity contribution in [1.29, 1.82) is 0 Å². The lowest BCUT2D eigenvalue weighted by molar-refractivity contribution is -0.142. The van der Waals surface area contributed by atoms with Gasteiger partial charge in [-0.05, 0) is 35.2 Å². The fourth-order valence-corrected chi connectivity index (χ4v) is 2.81. The first-order valence-electron chi connectivity index (χ1n) is 9.96. The number of methoxy groups -OCH3 is 2. The van der Waals surface area contributed by atoms with Crippen molar-refractivity contribution in [3.63, 3.8) is 0 Å². The van der Waals surface area contributed by atoms with E-state index in [1.807, 2.05) is 12.1 Å². The molecule has 0 unspecified atom stereocenters. The molecule has 2 amide bonds. The van der Waals surface area contributed by atoms with Gasteiger partial charge in [-0.1, -0.05) is 39.5 Å². The molecular formula is C24H29N3O5. The van der Waals surface area contributed by atoms with E-state index in [1.165, 1.54) is 14.2 Å². The van der Waals surface area contributed by atoms with Gasteiger partial charge >= 0.3 is 5.97 Å². The van der Waals surface area contributed by atoms with Crippen molar-refractivity contribution >= 4 is 29.2 Å². The highest BCUT2D eigenvalue weighted by molar-refractivity contribution is 6.02. The molecule has 8 nitrogen and oxygen atoms in total. The summed E-state index contributed by atoms with van der Waals surface area (Å²) < 4.78 is 9.78. The van der Waals surface area contributed by atoms with E-state index < -0.39 is 18.3 Å². The number of hydrogen-bond acceptors (Lipinski definition) is 6. The van der Waals surface area contributed by atoms with Crippen LogP contribution in [0.2, 0.25) is 0 Å². The summed E-state index contributed by atoms with van der Waals surface area (Å²) in [5, 5.41) is 8.28. The molecule has 0 aliphatic rings. The third kappa shape index (κ3) is 6.87. The third-order valence-corrected chi connectivity index (χ3v) is 4.58. The summed E-state index contributed by atoms with van der Waals surface area (Å²) >= 11 is 0. The van der Waals surface area contributed by atoms with E-state index in [4.69, 9.17) is 4.74 Å². The first-order valence-corrected chi connectivity index (χ1v) is 9.96. The predicted octanol–water partition coefficient (Wildman–Crippen LogP) is 3.81. The molecule has 8 heteroatoms. The molecule has 0 saturated carbocycles. The van der Waals surface area contributed by atoms with Gasteiger partial charge in [0, 0.05) is 17.3 Å². The van der Waals surface area contributed by atoms with Gasteiger partial charge in [0.2, 0.25) is 5.91 Å². The Morgan fingerprint density at radius 1 is 0.969 bits per heavy atom. The molecule has 0 heterocycles. The average molecular weight is 440 g/mol. The highest BCUT2D eigenvalue weighted by atomic mass is 16.5. The Morgan fingerprint density at radius 3 is 2.19 bits per heavy atom. The lowest BCUT2D eigenvalue weighted by Crippen LogP contribution is -2.26. The van der Waals surface area contributed by atoms with Crippen LogP contribution in [-0.4, -0.2) is 32.0 Å². The summed E-state index contributed by atoms with van der Waals surface area (Å²) in [6.45, 7) is 10.2. The molecule has 2 rings (SSSR count). The number of anilines is 2. The first kappa shape index (κ1) is 24.5. The number of esters is 1. The standard InChI is InChI=1S/C24H29N3O5/c1-15(26-23(30)16-7-9-17(10-8-16)24(2,3)4)25-18-11-12-19(20(13-18)31-5)27-21(28)14-22(29)32-6/h7-13,25H,1,14H2,2-6H3,(H,26,30)(H,27,28). The molecule has 0 radical (unpaired) electrons. The van der Waals surface area contributed by atoms with Gasteiger partial charge in [0.15, 0.2) is 0 Å². The predicted molar refractivity (Wildman–Crippen MR) is 124 cm³/mol. The maximum atomic E-state index is 12.5. The van der Waals surface area contributed by atoms with Gasteiger partial charge in [0.05, 0.1) is 19.9 Å². The summed E-state index contributed by atoms with van der Waals surface area (Å²) in [4.78, 5) is 35.6. The number of hydrogen-bond donors (Lipinski definition) is 3. The molecule has 0 aliphatic carbocycles. The zero-order chi connectivity index (χ0) is 23.9. The Balaban J connectivity index is 2.01. The molecule has 0 bridgehead atoms. The van der Waals surface area contributed by atoms with Crippen LogP contribution in [-0.2, 0) is 19.7 Å². The fraction of sp³-hybridized carbons (Fsp3) is 0.292. The van der Waals surface area contributed by atoms with Crippen LogP contribution in [0.4, 0.5) is 11.4 Å². The number of nitrogens with one attached hydrogen (secondary N) is 3. The molecule has 0 saturated heterocycles. The highest BCUT2D eigenvalue weighted by Gasteiger charge is 2.15. The molecular weight excluding hydrogens is 410 g/mol. The minimum atomic E-state index is -0.639. The third-order valence-electron chi connectivity index (χ3n) is 4.58. The summed E-state index contributed by atoms with van der Waals surface area (Å²) in [6, 6.07) is 12.3. The molecule has 170 valence electrons. The number of ether oxygens (including phenoxy) is 2. The summed E-state index contributed by atoms with van der Waals surface area (Å²) in [7, 11) is 2.66. The van der Waals surface area contributed by atoms with Crippen LogP contribution in [0.3, 0.4) is 0 Å². The van der Waals surface area contributed by atoms with Crippen LogP contribution in [0.25, 0.3) is 0 Å². The van der Waals surface area contributed by atoms with Crippen molar-refractivity contribution in [2.75, 3.05) is 24.9 Å². The largest absolute Gasteiger partial charge is 0.494 e. The van der Waals surface area contributed by atoms with Gasteiger partial charge in [0.25, 0.3) is 5.91 Å². The smallest absolute Gasteiger partial charge is 0.315 e. The van der Waals surface area contributed by atoms with Crippen LogP contribution in [0, 0.1) is 0 Å². The number of benzene rings is 2. The topological polar surface area (TPSA) is 106 Å². The minimum absolute atomic E-state index is 0.00412. The van der Waals surface area contributed by atoms with Gasteiger partial charge in [-0.3, -0.25) is 14.4 Å². The monoisotopic (exact) mass is 439 g/mol. The number of rotatable bonds is 8. The Morgan fingerprint density at radius 2 is 1.62 bits per heavy atom. The Bertz CT molecular complexity index is 1010. The van der Waals surface area contributed by atoms with E-state index in [1.54, 1.807) is 30.3 Å². The van der Waals surface area contributed by atoms with Crippen molar-refractivity contribution in [3.05, 3.63) is 66.0 Å². The maximum Gasteiger partial charge on any atom is 0.315 e.